The van der Waals surface area contributed by atoms with Crippen LogP contribution < -0.4 is 5.56 Å². The van der Waals surface area contributed by atoms with Gasteiger partial charge in [-0.15, -0.1) is 0 Å². The summed E-state index contributed by atoms with van der Waals surface area (Å²) in [6.45, 7) is 7.03. The fourth-order valence-electron chi connectivity index (χ4n) is 5.26. The van der Waals surface area contributed by atoms with Crippen LogP contribution in [0.25, 0.3) is 17.2 Å². The predicted molar refractivity (Wildman–Crippen MR) is 145 cm³/mol. The van der Waals surface area contributed by atoms with E-state index in [0.29, 0.717) is 49.4 Å². The largest absolute Gasteiger partial charge is 0.493 e. The van der Waals surface area contributed by atoms with E-state index in [1.165, 1.54) is 27.8 Å². The van der Waals surface area contributed by atoms with Gasteiger partial charge in [0.2, 0.25) is 5.88 Å². The van der Waals surface area contributed by atoms with Gasteiger partial charge in [0.25, 0.3) is 11.5 Å². The van der Waals surface area contributed by atoms with Crippen molar-refractivity contribution in [2.24, 2.45) is 0 Å². The molecule has 10 heteroatoms. The van der Waals surface area contributed by atoms with Crippen molar-refractivity contribution >= 4 is 5.91 Å². The van der Waals surface area contributed by atoms with E-state index in [0.717, 1.165) is 11.1 Å². The van der Waals surface area contributed by atoms with Gasteiger partial charge < -0.3 is 10.0 Å². The van der Waals surface area contributed by atoms with Crippen molar-refractivity contribution in [2.75, 3.05) is 13.1 Å². The second-order valence-electron chi connectivity index (χ2n) is 9.57. The summed E-state index contributed by atoms with van der Waals surface area (Å²) in [4.78, 5) is 37.9. The molecular formula is C29H31FN6O3. The van der Waals surface area contributed by atoms with Crippen molar-refractivity contribution in [3.8, 4) is 23.1 Å². The van der Waals surface area contributed by atoms with E-state index in [1.807, 2.05) is 39.0 Å². The normalized spacial score (nSPS) is 15.2. The van der Waals surface area contributed by atoms with Crippen LogP contribution in [0.1, 0.15) is 60.3 Å². The maximum atomic E-state index is 14.4. The predicted octanol–water partition coefficient (Wildman–Crippen LogP) is 4.11. The lowest BCUT2D eigenvalue weighted by molar-refractivity contribution is 0.0784. The number of para-hydroxylation sites is 1. The molecule has 1 fully saturated rings. The number of halogens is 1. The van der Waals surface area contributed by atoms with Crippen molar-refractivity contribution in [1.82, 2.24) is 29.2 Å². The first-order valence-corrected chi connectivity index (χ1v) is 13.3. The molecule has 0 bridgehead atoms. The number of hydrogen-bond acceptors (Lipinski definition) is 6. The number of carbonyl (C=O) groups is 1. The summed E-state index contributed by atoms with van der Waals surface area (Å²) < 4.78 is 17.5. The number of amides is 1. The number of pyridine rings is 1. The third kappa shape index (κ3) is 4.71. The van der Waals surface area contributed by atoms with Gasteiger partial charge in [-0.05, 0) is 55.5 Å². The molecule has 1 atom stereocenters. The molecule has 39 heavy (non-hydrogen) atoms. The van der Waals surface area contributed by atoms with Crippen molar-refractivity contribution < 1.29 is 14.3 Å². The third-order valence-electron chi connectivity index (χ3n) is 7.31. The summed E-state index contributed by atoms with van der Waals surface area (Å²) in [5.74, 6) is -1.87. The number of aromatic nitrogens is 5. The summed E-state index contributed by atoms with van der Waals surface area (Å²) >= 11 is 0. The van der Waals surface area contributed by atoms with Gasteiger partial charge in [0.15, 0.2) is 11.4 Å². The number of benzene rings is 1. The molecule has 0 radical (unpaired) electrons. The Kier molecular flexibility index (Phi) is 7.28. The van der Waals surface area contributed by atoms with E-state index >= 15 is 0 Å². The summed E-state index contributed by atoms with van der Waals surface area (Å²) in [5, 5.41) is 15.5. The molecule has 9 nitrogen and oxygen atoms in total. The third-order valence-corrected chi connectivity index (χ3v) is 7.31. The van der Waals surface area contributed by atoms with E-state index in [4.69, 9.17) is 0 Å². The van der Waals surface area contributed by atoms with Crippen LogP contribution in [0.2, 0.25) is 0 Å². The van der Waals surface area contributed by atoms with Crippen LogP contribution in [-0.2, 0) is 19.4 Å². The molecule has 1 saturated heterocycles. The number of likely N-dealkylation sites (tertiary alicyclic amines) is 1. The molecular weight excluding hydrogens is 499 g/mol. The highest BCUT2D eigenvalue weighted by Crippen LogP contribution is 2.31. The molecule has 0 spiro atoms. The van der Waals surface area contributed by atoms with Crippen LogP contribution in [-0.4, -0.2) is 53.3 Å². The fraction of sp³-hybridized carbons (Fsp3) is 0.345. The first-order valence-electron chi connectivity index (χ1n) is 13.3. The minimum atomic E-state index is -0.670. The summed E-state index contributed by atoms with van der Waals surface area (Å²) in [7, 11) is 0. The molecule has 1 N–H and O–H groups in total. The topological polar surface area (TPSA) is 106 Å². The van der Waals surface area contributed by atoms with Gasteiger partial charge in [-0.25, -0.2) is 4.39 Å². The molecule has 0 aliphatic carbocycles. The Morgan fingerprint density at radius 2 is 1.85 bits per heavy atom. The lowest BCUT2D eigenvalue weighted by atomic mass is 10.0. The maximum absolute atomic E-state index is 14.4. The minimum Gasteiger partial charge on any atom is -0.493 e. The Hall–Kier alpha value is -4.34. The first kappa shape index (κ1) is 26.3. The zero-order valence-electron chi connectivity index (χ0n) is 22.3. The van der Waals surface area contributed by atoms with Crippen molar-refractivity contribution in [1.29, 1.82) is 0 Å². The minimum absolute atomic E-state index is 0.159. The number of rotatable bonds is 7. The molecule has 1 aliphatic heterocycles. The maximum Gasteiger partial charge on any atom is 0.275 e. The van der Waals surface area contributed by atoms with Gasteiger partial charge >= 0.3 is 0 Å². The van der Waals surface area contributed by atoms with Crippen LogP contribution in [0, 0.1) is 5.82 Å². The summed E-state index contributed by atoms with van der Waals surface area (Å²) in [6, 6.07) is 10.4. The summed E-state index contributed by atoms with van der Waals surface area (Å²) in [6.07, 6.45) is 5.08. The molecule has 1 aromatic carbocycles. The van der Waals surface area contributed by atoms with Gasteiger partial charge in [-0.3, -0.25) is 23.8 Å². The molecule has 4 heterocycles. The standard InChI is InChI=1S/C29H31FN6O3/c1-4-18-9-7-10-19(5-2)25(18)36-26(22-13-16-35(6-3)33-22)32-27(37)23(29(36)39)28(38)34-15-12-20(17-34)24-21(30)11-8-14-31-24/h7-11,13-14,16,20,37H,4-6,12,15,17H2,1-3H3. The van der Waals surface area contributed by atoms with Crippen LogP contribution >= 0.6 is 0 Å². The molecule has 1 amide bonds. The van der Waals surface area contributed by atoms with E-state index in [1.54, 1.807) is 16.9 Å². The van der Waals surface area contributed by atoms with Crippen LogP contribution in [0.5, 0.6) is 5.88 Å². The Balaban J connectivity index is 1.65. The smallest absolute Gasteiger partial charge is 0.275 e. The first-order chi connectivity index (χ1) is 18.9. The Morgan fingerprint density at radius 3 is 2.49 bits per heavy atom. The number of aryl methyl sites for hydroxylation is 3. The molecule has 0 saturated carbocycles. The highest BCUT2D eigenvalue weighted by Gasteiger charge is 2.35. The monoisotopic (exact) mass is 530 g/mol. The zero-order chi connectivity index (χ0) is 27.7. The number of carbonyl (C=O) groups excluding carboxylic acids is 1. The molecule has 4 aromatic rings. The number of nitrogens with zero attached hydrogens (tertiary/aromatic N) is 6. The van der Waals surface area contributed by atoms with Gasteiger partial charge in [0, 0.05) is 37.9 Å². The molecule has 1 unspecified atom stereocenters. The Bertz CT molecular complexity index is 1570. The fourth-order valence-corrected chi connectivity index (χ4v) is 5.26. The summed E-state index contributed by atoms with van der Waals surface area (Å²) in [5.41, 5.74) is 2.07. The molecule has 5 rings (SSSR count). The van der Waals surface area contributed by atoms with Gasteiger partial charge in [0.05, 0.1) is 11.4 Å². The van der Waals surface area contributed by atoms with Gasteiger partial charge in [-0.2, -0.15) is 10.1 Å². The molecule has 3 aromatic heterocycles. The van der Waals surface area contributed by atoms with E-state index < -0.39 is 28.7 Å². The van der Waals surface area contributed by atoms with Gasteiger partial charge in [0.1, 0.15) is 11.5 Å². The second-order valence-corrected chi connectivity index (χ2v) is 9.57. The Morgan fingerprint density at radius 1 is 1.10 bits per heavy atom. The molecule has 1 aliphatic rings. The highest BCUT2D eigenvalue weighted by atomic mass is 19.1. The van der Waals surface area contributed by atoms with Crippen molar-refractivity contribution in [2.45, 2.75) is 52.5 Å². The average molecular weight is 531 g/mol. The lowest BCUT2D eigenvalue weighted by Gasteiger charge is -2.21. The highest BCUT2D eigenvalue weighted by molar-refractivity contribution is 5.96. The van der Waals surface area contributed by atoms with E-state index in [-0.39, 0.29) is 18.3 Å². The van der Waals surface area contributed by atoms with Crippen LogP contribution in [0.15, 0.2) is 53.6 Å². The Labute approximate surface area is 225 Å². The van der Waals surface area contributed by atoms with E-state index in [9.17, 15) is 19.1 Å². The van der Waals surface area contributed by atoms with Crippen LogP contribution in [0.4, 0.5) is 4.39 Å². The van der Waals surface area contributed by atoms with Crippen LogP contribution in [0.3, 0.4) is 0 Å². The quantitative estimate of drug-likeness (QED) is 0.386. The number of aromatic hydroxyl groups is 1. The van der Waals surface area contributed by atoms with Crippen molar-refractivity contribution in [3.05, 3.63) is 87.3 Å². The number of hydrogen-bond donors (Lipinski definition) is 1. The zero-order valence-corrected chi connectivity index (χ0v) is 22.3. The van der Waals surface area contributed by atoms with Gasteiger partial charge in [-0.1, -0.05) is 32.0 Å². The second kappa shape index (κ2) is 10.8. The lowest BCUT2D eigenvalue weighted by Crippen LogP contribution is -2.36. The SMILES string of the molecule is CCc1cccc(CC)c1-n1c(-c2ccn(CC)n2)nc(O)c(C(=O)N2CCC(c3ncccc3F)C2)c1=O. The average Bonchev–Trinajstić information content (AvgIpc) is 3.63. The van der Waals surface area contributed by atoms with E-state index in [2.05, 4.69) is 15.1 Å². The molecule has 202 valence electrons. The van der Waals surface area contributed by atoms with Crippen molar-refractivity contribution in [3.63, 3.8) is 0 Å².